The van der Waals surface area contributed by atoms with Gasteiger partial charge in [-0.15, -0.1) is 11.3 Å². The summed E-state index contributed by atoms with van der Waals surface area (Å²) in [5.74, 6) is -0.0110. The van der Waals surface area contributed by atoms with Crippen LogP contribution in [0.15, 0.2) is 11.6 Å². The van der Waals surface area contributed by atoms with Gasteiger partial charge in [0, 0.05) is 44.3 Å². The van der Waals surface area contributed by atoms with Gasteiger partial charge in [-0.3, -0.25) is 14.6 Å². The molecule has 2 atom stereocenters. The largest absolute Gasteiger partial charge is 0.391 e. The molecule has 2 N–H and O–H groups in total. The lowest BCUT2D eigenvalue weighted by Gasteiger charge is -2.39. The van der Waals surface area contributed by atoms with Crippen molar-refractivity contribution in [2.75, 3.05) is 38.0 Å². The first-order chi connectivity index (χ1) is 10.8. The number of rotatable bonds is 5. The number of amides is 1. The Bertz CT molecular complexity index is 493. The molecule has 7 heteroatoms. The van der Waals surface area contributed by atoms with E-state index in [0.29, 0.717) is 11.7 Å². The fraction of sp³-hybridized carbons (Fsp3) is 0.750. The quantitative estimate of drug-likeness (QED) is 0.850. The van der Waals surface area contributed by atoms with Crippen molar-refractivity contribution >= 4 is 22.4 Å². The van der Waals surface area contributed by atoms with Crippen LogP contribution in [-0.2, 0) is 4.79 Å². The number of nitrogens with zero attached hydrogens (tertiary/aromatic N) is 3. The number of nitrogens with one attached hydrogen (secondary N) is 1. The zero-order valence-corrected chi connectivity index (χ0v) is 15.3. The summed E-state index contributed by atoms with van der Waals surface area (Å²) in [5.41, 5.74) is -0.0992. The first-order valence-corrected chi connectivity index (χ1v) is 9.00. The fourth-order valence-corrected chi connectivity index (χ4v) is 3.04. The van der Waals surface area contributed by atoms with E-state index >= 15 is 0 Å². The molecule has 1 aliphatic heterocycles. The van der Waals surface area contributed by atoms with E-state index in [1.807, 2.05) is 12.3 Å². The maximum atomic E-state index is 12.3. The van der Waals surface area contributed by atoms with Crippen LogP contribution in [0.4, 0.5) is 5.13 Å². The number of hydrogen-bond acceptors (Lipinski definition) is 6. The van der Waals surface area contributed by atoms with Gasteiger partial charge in [0.2, 0.25) is 5.91 Å². The number of carbonyl (C=O) groups is 1. The van der Waals surface area contributed by atoms with Crippen molar-refractivity contribution in [2.24, 2.45) is 5.41 Å². The number of aromatic nitrogens is 1. The smallest absolute Gasteiger partial charge is 0.243 e. The minimum atomic E-state index is -0.334. The van der Waals surface area contributed by atoms with E-state index in [9.17, 15) is 9.90 Å². The molecule has 2 heterocycles. The zero-order valence-electron chi connectivity index (χ0n) is 14.5. The molecule has 6 nitrogen and oxygen atoms in total. The number of β-amino-alcohol motifs (C(OH)–C–C–N with tert-alkyl or cyclic N) is 1. The Balaban J connectivity index is 1.78. The third-order valence-corrected chi connectivity index (χ3v) is 5.12. The Hall–Kier alpha value is -1.02. The van der Waals surface area contributed by atoms with Crippen molar-refractivity contribution < 1.29 is 9.90 Å². The molecule has 1 aliphatic rings. The van der Waals surface area contributed by atoms with Crippen LogP contribution in [0.2, 0.25) is 0 Å². The monoisotopic (exact) mass is 340 g/mol. The van der Waals surface area contributed by atoms with Crippen molar-refractivity contribution in [3.8, 4) is 0 Å². The van der Waals surface area contributed by atoms with E-state index in [4.69, 9.17) is 0 Å². The molecule has 0 radical (unpaired) electrons. The number of aliphatic hydroxyl groups is 1. The molecule has 0 spiro atoms. The van der Waals surface area contributed by atoms with Crippen molar-refractivity contribution in [1.82, 2.24) is 14.8 Å². The Morgan fingerprint density at radius 1 is 1.39 bits per heavy atom. The predicted octanol–water partition coefficient (Wildman–Crippen LogP) is 1.49. The second kappa shape index (κ2) is 7.70. The summed E-state index contributed by atoms with van der Waals surface area (Å²) in [6.45, 7) is 12.2. The Kier molecular flexibility index (Phi) is 6.13. The summed E-state index contributed by atoms with van der Waals surface area (Å²) in [5, 5.41) is 15.6. The van der Waals surface area contributed by atoms with Crippen LogP contribution in [0.1, 0.15) is 27.7 Å². The minimum absolute atomic E-state index is 0.0110. The summed E-state index contributed by atoms with van der Waals surface area (Å²) in [6.07, 6.45) is 1.35. The highest BCUT2D eigenvalue weighted by Gasteiger charge is 2.29. The standard InChI is InChI=1S/C16H28N4O2S/c1-12(14(22)18-15-17-5-10-23-15)20-8-6-19(7-9-20)11-13(21)16(2,3)4/h5,10,12-13,21H,6-9,11H2,1-4H3,(H,17,18,22)/t12-,13+/m1/s1. The fourth-order valence-electron chi connectivity index (χ4n) is 2.51. The Labute approximate surface area is 142 Å². The predicted molar refractivity (Wildman–Crippen MR) is 93.7 cm³/mol. The van der Waals surface area contributed by atoms with Crippen LogP contribution in [0.25, 0.3) is 0 Å². The van der Waals surface area contributed by atoms with E-state index in [1.54, 1.807) is 6.20 Å². The third kappa shape index (κ3) is 5.24. The minimum Gasteiger partial charge on any atom is -0.391 e. The van der Waals surface area contributed by atoms with Gasteiger partial charge >= 0.3 is 0 Å². The molecular formula is C16H28N4O2S. The second-order valence-corrected chi connectivity index (χ2v) is 8.12. The number of piperazine rings is 1. The van der Waals surface area contributed by atoms with Gasteiger partial charge in [0.15, 0.2) is 5.13 Å². The van der Waals surface area contributed by atoms with Gasteiger partial charge in [-0.05, 0) is 12.3 Å². The maximum Gasteiger partial charge on any atom is 0.243 e. The first kappa shape index (κ1) is 18.3. The van der Waals surface area contributed by atoms with Crippen LogP contribution >= 0.6 is 11.3 Å². The molecule has 1 saturated heterocycles. The Morgan fingerprint density at radius 2 is 2.04 bits per heavy atom. The molecule has 1 amide bonds. The van der Waals surface area contributed by atoms with Crippen LogP contribution < -0.4 is 5.32 Å². The lowest BCUT2D eigenvalue weighted by Crippen LogP contribution is -2.54. The molecule has 0 bridgehead atoms. The van der Waals surface area contributed by atoms with E-state index in [0.717, 1.165) is 26.2 Å². The normalized spacial score (nSPS) is 20.2. The lowest BCUT2D eigenvalue weighted by molar-refractivity contribution is -0.121. The van der Waals surface area contributed by atoms with E-state index in [2.05, 4.69) is 40.9 Å². The molecule has 0 saturated carbocycles. The second-order valence-electron chi connectivity index (χ2n) is 7.22. The molecule has 1 aromatic heterocycles. The number of thiazole rings is 1. The number of anilines is 1. The number of aliphatic hydroxyl groups excluding tert-OH is 1. The summed E-state index contributed by atoms with van der Waals surface area (Å²) < 4.78 is 0. The number of hydrogen-bond donors (Lipinski definition) is 2. The van der Waals surface area contributed by atoms with Gasteiger partial charge in [0.25, 0.3) is 0 Å². The van der Waals surface area contributed by atoms with Gasteiger partial charge in [-0.1, -0.05) is 20.8 Å². The van der Waals surface area contributed by atoms with Crippen LogP contribution in [-0.4, -0.2) is 70.7 Å². The van der Waals surface area contributed by atoms with Crippen molar-refractivity contribution in [3.05, 3.63) is 11.6 Å². The Morgan fingerprint density at radius 3 is 2.57 bits per heavy atom. The van der Waals surface area contributed by atoms with Gasteiger partial charge in [0.1, 0.15) is 0 Å². The molecule has 23 heavy (non-hydrogen) atoms. The molecule has 0 unspecified atom stereocenters. The lowest BCUT2D eigenvalue weighted by atomic mass is 9.89. The van der Waals surface area contributed by atoms with Crippen molar-refractivity contribution in [1.29, 1.82) is 0 Å². The summed E-state index contributed by atoms with van der Waals surface area (Å²) in [4.78, 5) is 20.8. The average Bonchev–Trinajstić information content (AvgIpc) is 2.99. The molecule has 0 aromatic carbocycles. The average molecular weight is 340 g/mol. The van der Waals surface area contributed by atoms with Crippen molar-refractivity contribution in [2.45, 2.75) is 39.8 Å². The highest BCUT2D eigenvalue weighted by molar-refractivity contribution is 7.13. The van der Waals surface area contributed by atoms with Crippen LogP contribution in [0.5, 0.6) is 0 Å². The van der Waals surface area contributed by atoms with E-state index in [1.165, 1.54) is 11.3 Å². The van der Waals surface area contributed by atoms with E-state index < -0.39 is 0 Å². The zero-order chi connectivity index (χ0) is 17.0. The van der Waals surface area contributed by atoms with Gasteiger partial charge in [-0.2, -0.15) is 0 Å². The highest BCUT2D eigenvalue weighted by atomic mass is 32.1. The third-order valence-electron chi connectivity index (χ3n) is 4.43. The topological polar surface area (TPSA) is 68.7 Å². The van der Waals surface area contributed by atoms with Gasteiger partial charge in [0.05, 0.1) is 12.1 Å². The summed E-state index contributed by atoms with van der Waals surface area (Å²) in [7, 11) is 0. The van der Waals surface area contributed by atoms with Crippen LogP contribution in [0.3, 0.4) is 0 Å². The maximum absolute atomic E-state index is 12.3. The van der Waals surface area contributed by atoms with E-state index in [-0.39, 0.29) is 23.5 Å². The summed E-state index contributed by atoms with van der Waals surface area (Å²) >= 11 is 1.43. The van der Waals surface area contributed by atoms with Crippen LogP contribution in [0, 0.1) is 5.41 Å². The molecule has 1 fully saturated rings. The molecule has 1 aromatic rings. The molecule has 2 rings (SSSR count). The molecule has 130 valence electrons. The SMILES string of the molecule is C[C@H](C(=O)Nc1nccs1)N1CCN(C[C@H](O)C(C)(C)C)CC1. The molecule has 0 aliphatic carbocycles. The number of carbonyl (C=O) groups excluding carboxylic acids is 1. The molecular weight excluding hydrogens is 312 g/mol. The first-order valence-electron chi connectivity index (χ1n) is 8.12. The van der Waals surface area contributed by atoms with Gasteiger partial charge < -0.3 is 10.4 Å². The summed E-state index contributed by atoms with van der Waals surface area (Å²) in [6, 6.07) is -0.173. The highest BCUT2D eigenvalue weighted by Crippen LogP contribution is 2.20. The van der Waals surface area contributed by atoms with Gasteiger partial charge in [-0.25, -0.2) is 4.98 Å². The van der Waals surface area contributed by atoms with Crippen molar-refractivity contribution in [3.63, 3.8) is 0 Å².